The van der Waals surface area contributed by atoms with Gasteiger partial charge in [-0.1, -0.05) is 41.4 Å². The Balaban J connectivity index is 1.58. The van der Waals surface area contributed by atoms with Crippen LogP contribution in [0.4, 0.5) is 4.79 Å². The van der Waals surface area contributed by atoms with Gasteiger partial charge in [0.05, 0.1) is 6.54 Å². The number of imidazole rings is 1. The van der Waals surface area contributed by atoms with E-state index in [-0.39, 0.29) is 6.03 Å². The summed E-state index contributed by atoms with van der Waals surface area (Å²) in [5, 5.41) is 6.46. The topological polar surface area (TPSA) is 68.2 Å². The van der Waals surface area contributed by atoms with Crippen LogP contribution in [-0.4, -0.2) is 28.7 Å². The standard InChI is InChI=1S/C22H25ClN4O2/c1-15-4-9-19(16(2)14-15)29-13-11-25-22(28)26-20(21-24-10-12-27(21)3)17-5-7-18(23)8-6-17/h4-10,12,14,20H,11,13H2,1-3H3,(H2,25,26,28)/t20-/m1/s1. The Kier molecular flexibility index (Phi) is 6.77. The maximum Gasteiger partial charge on any atom is 0.315 e. The molecule has 3 aromatic rings. The lowest BCUT2D eigenvalue weighted by molar-refractivity contribution is 0.233. The largest absolute Gasteiger partial charge is 0.491 e. The van der Waals surface area contributed by atoms with Gasteiger partial charge < -0.3 is 19.9 Å². The smallest absolute Gasteiger partial charge is 0.315 e. The summed E-state index contributed by atoms with van der Waals surface area (Å²) in [5.74, 6) is 1.55. The fourth-order valence-corrected chi connectivity index (χ4v) is 3.20. The van der Waals surface area contributed by atoms with E-state index in [4.69, 9.17) is 16.3 Å². The van der Waals surface area contributed by atoms with Gasteiger partial charge in [-0.15, -0.1) is 0 Å². The number of aromatic nitrogens is 2. The Morgan fingerprint density at radius 2 is 1.97 bits per heavy atom. The molecule has 1 atom stereocenters. The normalized spacial score (nSPS) is 11.7. The van der Waals surface area contributed by atoms with Crippen molar-refractivity contribution in [2.45, 2.75) is 19.9 Å². The molecule has 29 heavy (non-hydrogen) atoms. The number of carbonyl (C=O) groups excluding carboxylic acids is 1. The molecule has 2 aromatic carbocycles. The van der Waals surface area contributed by atoms with Crippen molar-refractivity contribution in [3.8, 4) is 5.75 Å². The van der Waals surface area contributed by atoms with Crippen LogP contribution in [-0.2, 0) is 7.05 Å². The van der Waals surface area contributed by atoms with Crippen molar-refractivity contribution in [2.75, 3.05) is 13.2 Å². The Labute approximate surface area is 175 Å². The maximum absolute atomic E-state index is 12.5. The molecule has 0 fully saturated rings. The van der Waals surface area contributed by atoms with Gasteiger partial charge in [0, 0.05) is 24.5 Å². The first kappa shape index (κ1) is 20.7. The van der Waals surface area contributed by atoms with Crippen molar-refractivity contribution in [1.82, 2.24) is 20.2 Å². The van der Waals surface area contributed by atoms with E-state index in [0.717, 1.165) is 22.7 Å². The van der Waals surface area contributed by atoms with Gasteiger partial charge in [0.25, 0.3) is 0 Å². The number of hydrogen-bond donors (Lipinski definition) is 2. The van der Waals surface area contributed by atoms with Crippen molar-refractivity contribution < 1.29 is 9.53 Å². The Hall–Kier alpha value is -2.99. The molecule has 0 aliphatic rings. The van der Waals surface area contributed by atoms with E-state index in [9.17, 15) is 4.79 Å². The third kappa shape index (κ3) is 5.51. The first-order valence-electron chi connectivity index (χ1n) is 9.41. The molecule has 0 aliphatic carbocycles. The molecule has 2 N–H and O–H groups in total. The van der Waals surface area contributed by atoms with E-state index in [1.165, 1.54) is 5.56 Å². The van der Waals surface area contributed by atoms with Crippen LogP contribution >= 0.6 is 11.6 Å². The molecule has 0 saturated carbocycles. The third-order valence-corrected chi connectivity index (χ3v) is 4.82. The number of carbonyl (C=O) groups is 1. The van der Waals surface area contributed by atoms with Gasteiger partial charge in [-0.2, -0.15) is 0 Å². The fraction of sp³-hybridized carbons (Fsp3) is 0.273. The highest BCUT2D eigenvalue weighted by atomic mass is 35.5. The van der Waals surface area contributed by atoms with Gasteiger partial charge in [0.2, 0.25) is 0 Å². The number of nitrogens with zero attached hydrogens (tertiary/aromatic N) is 2. The van der Waals surface area contributed by atoms with Crippen molar-refractivity contribution in [1.29, 1.82) is 0 Å². The number of rotatable bonds is 7. The zero-order chi connectivity index (χ0) is 20.8. The molecule has 2 amide bonds. The second-order valence-electron chi connectivity index (χ2n) is 6.90. The number of aryl methyl sites for hydroxylation is 3. The second kappa shape index (κ2) is 9.47. The van der Waals surface area contributed by atoms with E-state index >= 15 is 0 Å². The molecule has 6 nitrogen and oxygen atoms in total. The van der Waals surface area contributed by atoms with Gasteiger partial charge in [-0.25, -0.2) is 9.78 Å². The minimum atomic E-state index is -0.396. The molecule has 0 radical (unpaired) electrons. The summed E-state index contributed by atoms with van der Waals surface area (Å²) >= 11 is 6.00. The van der Waals surface area contributed by atoms with Gasteiger partial charge in [-0.05, 0) is 43.2 Å². The highest BCUT2D eigenvalue weighted by molar-refractivity contribution is 6.30. The van der Waals surface area contributed by atoms with E-state index < -0.39 is 6.04 Å². The number of benzene rings is 2. The first-order valence-corrected chi connectivity index (χ1v) is 9.79. The zero-order valence-electron chi connectivity index (χ0n) is 16.8. The van der Waals surface area contributed by atoms with Crippen molar-refractivity contribution in [2.24, 2.45) is 7.05 Å². The van der Waals surface area contributed by atoms with Crippen LogP contribution < -0.4 is 15.4 Å². The van der Waals surface area contributed by atoms with Crippen LogP contribution in [0.3, 0.4) is 0 Å². The van der Waals surface area contributed by atoms with E-state index in [2.05, 4.69) is 21.7 Å². The summed E-state index contributed by atoms with van der Waals surface area (Å²) < 4.78 is 7.64. The molecule has 0 aliphatic heterocycles. The van der Waals surface area contributed by atoms with Crippen molar-refractivity contribution in [3.63, 3.8) is 0 Å². The van der Waals surface area contributed by atoms with Gasteiger partial charge >= 0.3 is 6.03 Å². The van der Waals surface area contributed by atoms with Crippen molar-refractivity contribution >= 4 is 17.6 Å². The minimum Gasteiger partial charge on any atom is -0.491 e. The summed E-state index contributed by atoms with van der Waals surface area (Å²) in [5.41, 5.74) is 3.16. The lowest BCUT2D eigenvalue weighted by Crippen LogP contribution is -2.40. The van der Waals surface area contributed by atoms with E-state index in [0.29, 0.717) is 18.2 Å². The lowest BCUT2D eigenvalue weighted by atomic mass is 10.1. The molecule has 3 rings (SSSR count). The summed E-state index contributed by atoms with van der Waals surface area (Å²) in [6.45, 7) is 4.81. The lowest BCUT2D eigenvalue weighted by Gasteiger charge is -2.20. The van der Waals surface area contributed by atoms with Crippen LogP contribution in [0.15, 0.2) is 54.9 Å². The Bertz CT molecular complexity index is 969. The average Bonchev–Trinajstić information content (AvgIpc) is 3.11. The van der Waals surface area contributed by atoms with Gasteiger partial charge in [0.15, 0.2) is 0 Å². The van der Waals surface area contributed by atoms with E-state index in [1.54, 1.807) is 18.3 Å². The van der Waals surface area contributed by atoms with Crippen LogP contribution in [0, 0.1) is 13.8 Å². The SMILES string of the molecule is Cc1ccc(OCCNC(=O)N[C@H](c2ccc(Cl)cc2)c2nccn2C)c(C)c1. The molecular formula is C22H25ClN4O2. The predicted molar refractivity (Wildman–Crippen MR) is 114 cm³/mol. The van der Waals surface area contributed by atoms with Gasteiger partial charge in [-0.3, -0.25) is 0 Å². The number of nitrogens with one attached hydrogen (secondary N) is 2. The number of amides is 2. The van der Waals surface area contributed by atoms with E-state index in [1.807, 2.05) is 55.9 Å². The molecule has 1 heterocycles. The average molecular weight is 413 g/mol. The minimum absolute atomic E-state index is 0.294. The highest BCUT2D eigenvalue weighted by Gasteiger charge is 2.20. The summed E-state index contributed by atoms with van der Waals surface area (Å²) in [7, 11) is 1.89. The molecule has 0 bridgehead atoms. The van der Waals surface area contributed by atoms with Crippen LogP contribution in [0.25, 0.3) is 0 Å². The molecule has 7 heteroatoms. The number of hydrogen-bond acceptors (Lipinski definition) is 3. The number of halogens is 1. The number of ether oxygens (including phenoxy) is 1. The summed E-state index contributed by atoms with van der Waals surface area (Å²) in [6.07, 6.45) is 3.55. The first-order chi connectivity index (χ1) is 13.9. The monoisotopic (exact) mass is 412 g/mol. The second-order valence-corrected chi connectivity index (χ2v) is 7.33. The molecule has 0 unspecified atom stereocenters. The molecule has 152 valence electrons. The zero-order valence-corrected chi connectivity index (χ0v) is 17.5. The van der Waals surface area contributed by atoms with Crippen LogP contribution in [0.1, 0.15) is 28.6 Å². The van der Waals surface area contributed by atoms with Crippen molar-refractivity contribution in [3.05, 3.63) is 82.4 Å². The third-order valence-electron chi connectivity index (χ3n) is 4.57. The predicted octanol–water partition coefficient (Wildman–Crippen LogP) is 4.16. The fourth-order valence-electron chi connectivity index (χ4n) is 3.08. The van der Waals surface area contributed by atoms with Crippen LogP contribution in [0.5, 0.6) is 5.75 Å². The summed E-state index contributed by atoms with van der Waals surface area (Å²) in [6, 6.07) is 12.7. The molecule has 0 saturated heterocycles. The summed E-state index contributed by atoms with van der Waals surface area (Å²) in [4.78, 5) is 16.9. The Morgan fingerprint density at radius 3 is 2.62 bits per heavy atom. The highest BCUT2D eigenvalue weighted by Crippen LogP contribution is 2.22. The number of urea groups is 1. The molecule has 1 aromatic heterocycles. The van der Waals surface area contributed by atoms with Crippen LogP contribution in [0.2, 0.25) is 5.02 Å². The molecular weight excluding hydrogens is 388 g/mol. The quantitative estimate of drug-likeness (QED) is 0.572. The van der Waals surface area contributed by atoms with Gasteiger partial charge in [0.1, 0.15) is 24.2 Å². The maximum atomic E-state index is 12.5. The molecule has 0 spiro atoms. The Morgan fingerprint density at radius 1 is 1.21 bits per heavy atom.